The van der Waals surface area contributed by atoms with Crippen LogP contribution in [0.3, 0.4) is 0 Å². The highest BCUT2D eigenvalue weighted by atomic mass is 35.5. The van der Waals surface area contributed by atoms with Crippen molar-refractivity contribution in [3.8, 4) is 0 Å². The Morgan fingerprint density at radius 3 is 2.72 bits per heavy atom. The Kier molecular flexibility index (Phi) is 4.47. The lowest BCUT2D eigenvalue weighted by molar-refractivity contribution is -0.115. The molecule has 0 N–H and O–H groups in total. The topological polar surface area (TPSA) is 17.1 Å². The Hall–Kier alpha value is -0.790. The molecule has 1 unspecified atom stereocenters. The van der Waals surface area contributed by atoms with Gasteiger partial charge in [-0.1, -0.05) is 42.3 Å². The first-order valence-corrected chi connectivity index (χ1v) is 6.98. The fourth-order valence-corrected chi connectivity index (χ4v) is 2.49. The van der Waals surface area contributed by atoms with Crippen LogP contribution in [0.4, 0.5) is 0 Å². The van der Waals surface area contributed by atoms with Crippen LogP contribution in [0.25, 0.3) is 0 Å². The average molecular weight is 283 g/mol. The number of carbonyl (C=O) groups is 1. The van der Waals surface area contributed by atoms with Gasteiger partial charge in [0.05, 0.1) is 10.0 Å². The van der Waals surface area contributed by atoms with Crippen molar-refractivity contribution in [2.24, 2.45) is 5.92 Å². The number of benzene rings is 1. The van der Waals surface area contributed by atoms with E-state index in [0.717, 1.165) is 30.4 Å². The van der Waals surface area contributed by atoms with Gasteiger partial charge in [-0.05, 0) is 48.4 Å². The molecule has 3 heteroatoms. The zero-order chi connectivity index (χ0) is 13.1. The maximum absolute atomic E-state index is 12.1. The van der Waals surface area contributed by atoms with Gasteiger partial charge in [-0.15, -0.1) is 0 Å². The second kappa shape index (κ2) is 5.90. The first-order chi connectivity index (χ1) is 8.56. The Morgan fingerprint density at radius 2 is 2.11 bits per heavy atom. The third-order valence-corrected chi connectivity index (χ3v) is 4.12. The quantitative estimate of drug-likeness (QED) is 0.774. The summed E-state index contributed by atoms with van der Waals surface area (Å²) in [5.74, 6) is 0.909. The minimum atomic E-state index is 0.209. The van der Waals surface area contributed by atoms with E-state index < -0.39 is 0 Å². The summed E-state index contributed by atoms with van der Waals surface area (Å²) in [6.07, 6.45) is 5.54. The second-order valence-electron chi connectivity index (χ2n) is 4.96. The van der Waals surface area contributed by atoms with Gasteiger partial charge in [0.25, 0.3) is 0 Å². The highest BCUT2D eigenvalue weighted by molar-refractivity contribution is 6.42. The van der Waals surface area contributed by atoms with Crippen LogP contribution < -0.4 is 0 Å². The van der Waals surface area contributed by atoms with Gasteiger partial charge >= 0.3 is 0 Å². The van der Waals surface area contributed by atoms with E-state index in [2.05, 4.69) is 13.0 Å². The molecule has 2 rings (SSSR count). The third kappa shape index (κ3) is 3.37. The lowest BCUT2D eigenvalue weighted by Crippen LogP contribution is -2.11. The fraction of sp³-hybridized carbons (Fsp3) is 0.400. The summed E-state index contributed by atoms with van der Waals surface area (Å²) in [5, 5.41) is 1.03. The minimum absolute atomic E-state index is 0.209. The number of hydrogen-bond donors (Lipinski definition) is 0. The van der Waals surface area contributed by atoms with E-state index in [1.807, 2.05) is 6.07 Å². The molecule has 0 aliphatic heterocycles. The molecule has 0 amide bonds. The maximum atomic E-state index is 12.1. The predicted octanol–water partition coefficient (Wildman–Crippen LogP) is 4.85. The normalized spacial score (nSPS) is 19.5. The van der Waals surface area contributed by atoms with Gasteiger partial charge in [-0.25, -0.2) is 0 Å². The second-order valence-corrected chi connectivity index (χ2v) is 5.77. The number of halogens is 2. The molecule has 1 atom stereocenters. The number of ketones is 1. The Bertz CT molecular complexity index is 491. The molecule has 1 aromatic carbocycles. The van der Waals surface area contributed by atoms with Crippen LogP contribution in [0.15, 0.2) is 29.8 Å². The van der Waals surface area contributed by atoms with Gasteiger partial charge in [0.1, 0.15) is 0 Å². The molecule has 1 nitrogen and oxygen atoms in total. The molecular weight excluding hydrogens is 267 g/mol. The average Bonchev–Trinajstić information content (AvgIpc) is 2.34. The lowest BCUT2D eigenvalue weighted by Gasteiger charge is -2.17. The van der Waals surface area contributed by atoms with Crippen molar-refractivity contribution in [3.63, 3.8) is 0 Å². The largest absolute Gasteiger partial charge is 0.294 e. The fourth-order valence-electron chi connectivity index (χ4n) is 2.17. The van der Waals surface area contributed by atoms with Crippen molar-refractivity contribution in [2.75, 3.05) is 0 Å². The summed E-state index contributed by atoms with van der Waals surface area (Å²) in [4.78, 5) is 12.1. The van der Waals surface area contributed by atoms with Crippen LogP contribution >= 0.6 is 23.2 Å². The van der Waals surface area contributed by atoms with Crippen LogP contribution in [0.2, 0.25) is 10.0 Å². The third-order valence-electron chi connectivity index (χ3n) is 3.38. The number of carbonyl (C=O) groups excluding carboxylic acids is 1. The van der Waals surface area contributed by atoms with Gasteiger partial charge in [-0.3, -0.25) is 4.79 Å². The summed E-state index contributed by atoms with van der Waals surface area (Å²) in [7, 11) is 0. The molecule has 0 fully saturated rings. The zero-order valence-corrected chi connectivity index (χ0v) is 11.9. The zero-order valence-electron chi connectivity index (χ0n) is 10.4. The van der Waals surface area contributed by atoms with E-state index in [4.69, 9.17) is 23.2 Å². The molecule has 0 saturated carbocycles. The Labute approximate surface area is 118 Å². The van der Waals surface area contributed by atoms with E-state index in [0.29, 0.717) is 22.4 Å². The van der Waals surface area contributed by atoms with E-state index in [9.17, 15) is 4.79 Å². The molecule has 1 aromatic rings. The van der Waals surface area contributed by atoms with Crippen LogP contribution in [-0.4, -0.2) is 5.78 Å². The smallest absolute Gasteiger partial charge is 0.162 e. The van der Waals surface area contributed by atoms with Crippen molar-refractivity contribution < 1.29 is 4.79 Å². The van der Waals surface area contributed by atoms with Crippen molar-refractivity contribution in [3.05, 3.63) is 45.5 Å². The van der Waals surface area contributed by atoms with Crippen LogP contribution in [-0.2, 0) is 11.2 Å². The molecule has 0 saturated heterocycles. The summed E-state index contributed by atoms with van der Waals surface area (Å²) in [5.41, 5.74) is 1.90. The molecule has 0 bridgehead atoms. The van der Waals surface area contributed by atoms with E-state index in [1.165, 1.54) is 0 Å². The highest BCUT2D eigenvalue weighted by Gasteiger charge is 2.16. The molecule has 18 heavy (non-hydrogen) atoms. The first kappa shape index (κ1) is 13.6. The number of hydrogen-bond acceptors (Lipinski definition) is 1. The van der Waals surface area contributed by atoms with Crippen molar-refractivity contribution in [1.82, 2.24) is 0 Å². The van der Waals surface area contributed by atoms with Gasteiger partial charge < -0.3 is 0 Å². The van der Waals surface area contributed by atoms with Gasteiger partial charge in [0, 0.05) is 6.42 Å². The predicted molar refractivity (Wildman–Crippen MR) is 76.3 cm³/mol. The first-order valence-electron chi connectivity index (χ1n) is 6.22. The van der Waals surface area contributed by atoms with Crippen molar-refractivity contribution in [1.29, 1.82) is 0 Å². The van der Waals surface area contributed by atoms with Gasteiger partial charge in [-0.2, -0.15) is 0 Å². The Morgan fingerprint density at radius 1 is 1.33 bits per heavy atom. The summed E-state index contributed by atoms with van der Waals surface area (Å²) in [6.45, 7) is 2.22. The van der Waals surface area contributed by atoms with E-state index >= 15 is 0 Å². The molecule has 1 aliphatic rings. The van der Waals surface area contributed by atoms with Crippen LogP contribution in [0.5, 0.6) is 0 Å². The molecule has 0 heterocycles. The number of rotatable bonds is 3. The Balaban J connectivity index is 2.05. The van der Waals surface area contributed by atoms with Gasteiger partial charge in [0.15, 0.2) is 5.78 Å². The molecule has 96 valence electrons. The van der Waals surface area contributed by atoms with E-state index in [1.54, 1.807) is 12.1 Å². The molecular formula is C15H16Cl2O. The lowest BCUT2D eigenvalue weighted by atomic mass is 9.88. The molecule has 0 radical (unpaired) electrons. The molecule has 0 spiro atoms. The summed E-state index contributed by atoms with van der Waals surface area (Å²) >= 11 is 11.8. The maximum Gasteiger partial charge on any atom is 0.162 e. The molecule has 0 aromatic heterocycles. The standard InChI is InChI=1S/C15H16Cl2O/c1-10-2-5-12(6-3-10)15(18)9-11-4-7-13(16)14(17)8-11/h4-5,7-8,10H,2-3,6,9H2,1H3. The van der Waals surface area contributed by atoms with Gasteiger partial charge in [0.2, 0.25) is 0 Å². The van der Waals surface area contributed by atoms with Crippen LogP contribution in [0, 0.1) is 5.92 Å². The van der Waals surface area contributed by atoms with E-state index in [-0.39, 0.29) is 5.78 Å². The SMILES string of the molecule is CC1CC=C(C(=O)Cc2ccc(Cl)c(Cl)c2)CC1. The monoisotopic (exact) mass is 282 g/mol. The van der Waals surface area contributed by atoms with Crippen molar-refractivity contribution in [2.45, 2.75) is 32.6 Å². The number of allylic oxidation sites excluding steroid dienone is 2. The summed E-state index contributed by atoms with van der Waals surface area (Å²) in [6, 6.07) is 5.37. The number of Topliss-reactive ketones (excluding diaryl/α,β-unsaturated/α-hetero) is 1. The highest BCUT2D eigenvalue weighted by Crippen LogP contribution is 2.26. The molecule has 1 aliphatic carbocycles. The van der Waals surface area contributed by atoms with Crippen molar-refractivity contribution >= 4 is 29.0 Å². The summed E-state index contributed by atoms with van der Waals surface area (Å²) < 4.78 is 0. The van der Waals surface area contributed by atoms with Crippen LogP contribution in [0.1, 0.15) is 31.7 Å². The minimum Gasteiger partial charge on any atom is -0.294 e.